The van der Waals surface area contributed by atoms with E-state index in [9.17, 15) is 14.3 Å². The van der Waals surface area contributed by atoms with Crippen LogP contribution in [0.25, 0.3) is 11.3 Å². The number of hydrogen-bond acceptors (Lipinski definition) is 4. The third-order valence-corrected chi connectivity index (χ3v) is 5.49. The van der Waals surface area contributed by atoms with Gasteiger partial charge < -0.3 is 10.4 Å². The Morgan fingerprint density at radius 2 is 1.80 bits per heavy atom. The number of pyridine rings is 1. The molecule has 2 N–H and O–H groups in total. The minimum atomic E-state index is -0.276. The smallest absolute Gasteiger partial charge is 0.241 e. The Kier molecular flexibility index (Phi) is 6.18. The summed E-state index contributed by atoms with van der Waals surface area (Å²) in [6, 6.07) is 12.2. The SMILES string of the molecule is O=C(Cn1nc(-c2ccncc2)cc1Cc1ccc(F)cc1)N[C@H]1CC[C@H](O)CC1. The molecule has 0 bridgehead atoms. The van der Waals surface area contributed by atoms with E-state index in [1.54, 1.807) is 29.2 Å². The zero-order valence-electron chi connectivity index (χ0n) is 16.7. The standard InChI is InChI=1S/C23H25FN4O2/c24-18-3-1-16(2-4-18)13-20-14-22(17-9-11-25-12-10-17)27-28(20)15-23(30)26-19-5-7-21(29)8-6-19/h1-4,9-12,14,19,21,29H,5-8,13,15H2,(H,26,30)/t19-,21-. The Labute approximate surface area is 174 Å². The van der Waals surface area contributed by atoms with Crippen LogP contribution < -0.4 is 5.32 Å². The number of aliphatic hydroxyl groups is 1. The quantitative estimate of drug-likeness (QED) is 0.657. The van der Waals surface area contributed by atoms with Gasteiger partial charge in [-0.3, -0.25) is 14.5 Å². The number of carbonyl (C=O) groups excluding carboxylic acids is 1. The summed E-state index contributed by atoms with van der Waals surface area (Å²) in [5.41, 5.74) is 3.51. The van der Waals surface area contributed by atoms with Crippen molar-refractivity contribution in [2.45, 2.75) is 50.8 Å². The number of hydrogen-bond donors (Lipinski definition) is 2. The highest BCUT2D eigenvalue weighted by molar-refractivity contribution is 5.76. The van der Waals surface area contributed by atoms with Gasteiger partial charge in [0.25, 0.3) is 0 Å². The van der Waals surface area contributed by atoms with Crippen LogP contribution in [0.4, 0.5) is 4.39 Å². The number of carbonyl (C=O) groups is 1. The van der Waals surface area contributed by atoms with Gasteiger partial charge in [-0.1, -0.05) is 12.1 Å². The number of aliphatic hydroxyl groups excluding tert-OH is 1. The molecule has 0 spiro atoms. The molecule has 6 nitrogen and oxygen atoms in total. The summed E-state index contributed by atoms with van der Waals surface area (Å²) in [4.78, 5) is 16.7. The Bertz CT molecular complexity index is 980. The van der Waals surface area contributed by atoms with E-state index >= 15 is 0 Å². The lowest BCUT2D eigenvalue weighted by Gasteiger charge is -2.26. The minimum Gasteiger partial charge on any atom is -0.393 e. The maximum atomic E-state index is 13.3. The van der Waals surface area contributed by atoms with E-state index in [1.165, 1.54) is 12.1 Å². The third kappa shape index (κ3) is 5.10. The second kappa shape index (κ2) is 9.17. The third-order valence-electron chi connectivity index (χ3n) is 5.49. The lowest BCUT2D eigenvalue weighted by atomic mass is 9.93. The second-order valence-corrected chi connectivity index (χ2v) is 7.79. The van der Waals surface area contributed by atoms with Crippen LogP contribution >= 0.6 is 0 Å². The Balaban J connectivity index is 1.52. The summed E-state index contributed by atoms with van der Waals surface area (Å²) in [7, 11) is 0. The summed E-state index contributed by atoms with van der Waals surface area (Å²) in [6.45, 7) is 0.112. The van der Waals surface area contributed by atoms with Crippen molar-refractivity contribution in [3.8, 4) is 11.3 Å². The highest BCUT2D eigenvalue weighted by atomic mass is 19.1. The molecule has 3 aromatic rings. The molecule has 7 heteroatoms. The fraction of sp³-hybridized carbons (Fsp3) is 0.348. The topological polar surface area (TPSA) is 80.0 Å². The van der Waals surface area contributed by atoms with Gasteiger partial charge >= 0.3 is 0 Å². The first-order valence-corrected chi connectivity index (χ1v) is 10.3. The van der Waals surface area contributed by atoms with E-state index in [0.717, 1.165) is 35.4 Å². The molecule has 0 unspecified atom stereocenters. The molecular formula is C23H25FN4O2. The molecule has 0 aliphatic heterocycles. The van der Waals surface area contributed by atoms with Gasteiger partial charge in [-0.05, 0) is 61.6 Å². The average Bonchev–Trinajstić information content (AvgIpc) is 3.14. The molecule has 30 heavy (non-hydrogen) atoms. The number of nitrogens with one attached hydrogen (secondary N) is 1. The maximum Gasteiger partial charge on any atom is 0.241 e. The molecule has 2 aromatic heterocycles. The molecule has 1 aromatic carbocycles. The van der Waals surface area contributed by atoms with E-state index in [4.69, 9.17) is 0 Å². The van der Waals surface area contributed by atoms with E-state index in [0.29, 0.717) is 19.3 Å². The highest BCUT2D eigenvalue weighted by Crippen LogP contribution is 2.21. The number of amides is 1. The first-order chi connectivity index (χ1) is 14.6. The van der Waals surface area contributed by atoms with Gasteiger partial charge in [0.15, 0.2) is 0 Å². The van der Waals surface area contributed by atoms with Crippen LogP contribution in [0, 0.1) is 5.82 Å². The fourth-order valence-electron chi connectivity index (χ4n) is 3.84. The summed E-state index contributed by atoms with van der Waals surface area (Å²) >= 11 is 0. The average molecular weight is 408 g/mol. The highest BCUT2D eigenvalue weighted by Gasteiger charge is 2.21. The zero-order chi connectivity index (χ0) is 20.9. The largest absolute Gasteiger partial charge is 0.393 e. The molecule has 0 radical (unpaired) electrons. The normalized spacial score (nSPS) is 18.9. The molecular weight excluding hydrogens is 383 g/mol. The van der Waals surface area contributed by atoms with Crippen molar-refractivity contribution in [3.63, 3.8) is 0 Å². The van der Waals surface area contributed by atoms with Crippen LogP contribution in [-0.2, 0) is 17.8 Å². The molecule has 0 atom stereocenters. The monoisotopic (exact) mass is 408 g/mol. The van der Waals surface area contributed by atoms with Crippen molar-refractivity contribution in [1.82, 2.24) is 20.1 Å². The Hall–Kier alpha value is -3.06. The van der Waals surface area contributed by atoms with Gasteiger partial charge in [-0.15, -0.1) is 0 Å². The van der Waals surface area contributed by atoms with Crippen molar-refractivity contribution >= 4 is 5.91 Å². The molecule has 1 amide bonds. The van der Waals surface area contributed by atoms with Gasteiger partial charge in [-0.25, -0.2) is 4.39 Å². The molecule has 2 heterocycles. The Morgan fingerprint density at radius 1 is 1.10 bits per heavy atom. The molecule has 1 aliphatic rings. The summed E-state index contributed by atoms with van der Waals surface area (Å²) < 4.78 is 15.0. The van der Waals surface area contributed by atoms with Crippen molar-refractivity contribution in [2.24, 2.45) is 0 Å². The van der Waals surface area contributed by atoms with Gasteiger partial charge in [0.1, 0.15) is 12.4 Å². The Morgan fingerprint density at radius 3 is 2.50 bits per heavy atom. The molecule has 0 saturated heterocycles. The molecule has 4 rings (SSSR count). The first-order valence-electron chi connectivity index (χ1n) is 10.3. The first kappa shape index (κ1) is 20.2. The predicted octanol–water partition coefficient (Wildman–Crippen LogP) is 3.09. The van der Waals surface area contributed by atoms with Crippen LogP contribution in [0.15, 0.2) is 54.9 Å². The minimum absolute atomic E-state index is 0.0941. The number of benzene rings is 1. The fourth-order valence-corrected chi connectivity index (χ4v) is 3.84. The van der Waals surface area contributed by atoms with Crippen LogP contribution in [0.2, 0.25) is 0 Å². The van der Waals surface area contributed by atoms with Gasteiger partial charge in [-0.2, -0.15) is 5.10 Å². The predicted molar refractivity (Wildman–Crippen MR) is 111 cm³/mol. The number of halogens is 1. The summed E-state index contributed by atoms with van der Waals surface area (Å²) in [6.07, 6.45) is 6.71. The molecule has 1 fully saturated rings. The number of nitrogens with zero attached hydrogens (tertiary/aromatic N) is 3. The molecule has 1 saturated carbocycles. The van der Waals surface area contributed by atoms with Gasteiger partial charge in [0.05, 0.1) is 11.8 Å². The van der Waals surface area contributed by atoms with Crippen molar-refractivity contribution in [1.29, 1.82) is 0 Å². The van der Waals surface area contributed by atoms with E-state index in [-0.39, 0.29) is 30.4 Å². The van der Waals surface area contributed by atoms with E-state index < -0.39 is 0 Å². The lowest BCUT2D eigenvalue weighted by Crippen LogP contribution is -2.40. The van der Waals surface area contributed by atoms with E-state index in [1.807, 2.05) is 18.2 Å². The van der Waals surface area contributed by atoms with E-state index in [2.05, 4.69) is 15.4 Å². The lowest BCUT2D eigenvalue weighted by molar-refractivity contribution is -0.123. The van der Waals surface area contributed by atoms with Crippen LogP contribution in [0.3, 0.4) is 0 Å². The van der Waals surface area contributed by atoms with Crippen LogP contribution in [-0.4, -0.2) is 37.9 Å². The van der Waals surface area contributed by atoms with Crippen LogP contribution in [0.1, 0.15) is 36.9 Å². The molecule has 156 valence electrons. The van der Waals surface area contributed by atoms with Gasteiger partial charge in [0, 0.05) is 36.1 Å². The van der Waals surface area contributed by atoms with Crippen molar-refractivity contribution < 1.29 is 14.3 Å². The van der Waals surface area contributed by atoms with Crippen molar-refractivity contribution in [3.05, 3.63) is 71.9 Å². The number of rotatable bonds is 6. The van der Waals surface area contributed by atoms with Crippen molar-refractivity contribution in [2.75, 3.05) is 0 Å². The summed E-state index contributed by atoms with van der Waals surface area (Å²) in [5.74, 6) is -0.372. The molecule has 1 aliphatic carbocycles. The zero-order valence-corrected chi connectivity index (χ0v) is 16.7. The van der Waals surface area contributed by atoms with Gasteiger partial charge in [0.2, 0.25) is 5.91 Å². The van der Waals surface area contributed by atoms with Crippen LogP contribution in [0.5, 0.6) is 0 Å². The maximum absolute atomic E-state index is 13.3. The summed E-state index contributed by atoms with van der Waals surface area (Å²) in [5, 5.41) is 17.4. The number of aromatic nitrogens is 3. The second-order valence-electron chi connectivity index (χ2n) is 7.79.